The van der Waals surface area contributed by atoms with E-state index in [9.17, 15) is 19.2 Å². The number of aliphatic carboxylic acids is 4. The first-order chi connectivity index (χ1) is 11.8. The van der Waals surface area contributed by atoms with Gasteiger partial charge in [-0.2, -0.15) is 0 Å². The second-order valence-electron chi connectivity index (χ2n) is 10.2. The average Bonchev–Trinajstić information content (AvgIpc) is 2.35. The molecule has 0 bridgehead atoms. The third-order valence-electron chi connectivity index (χ3n) is 2.57. The van der Waals surface area contributed by atoms with Gasteiger partial charge in [0, 0.05) is 33.0 Å². The van der Waals surface area contributed by atoms with Crippen LogP contribution in [0.5, 0.6) is 0 Å². The van der Waals surface area contributed by atoms with Crippen LogP contribution in [0.1, 0.15) is 83.1 Å². The Balaban J connectivity index is -0.0000000626. The number of hydrogen-bond donors (Lipinski definition) is 4. The third-order valence-corrected chi connectivity index (χ3v) is 2.57. The Bertz CT molecular complexity index is 421. The fourth-order valence-corrected chi connectivity index (χ4v) is 0. The van der Waals surface area contributed by atoms with E-state index in [4.69, 9.17) is 20.4 Å². The molecule has 0 saturated heterocycles. The van der Waals surface area contributed by atoms with Crippen molar-refractivity contribution < 1.29 is 72.6 Å². The van der Waals surface area contributed by atoms with Crippen molar-refractivity contribution in [1.82, 2.24) is 0 Å². The summed E-state index contributed by atoms with van der Waals surface area (Å²) in [6.45, 7) is 19.9. The molecular formula is C20H40Ni2O8. The van der Waals surface area contributed by atoms with Crippen LogP contribution in [0, 0.1) is 21.7 Å². The molecule has 0 heterocycles. The monoisotopic (exact) mass is 524 g/mol. The molecule has 0 fully saturated rings. The topological polar surface area (TPSA) is 149 Å². The average molecular weight is 526 g/mol. The number of hydrogen-bond acceptors (Lipinski definition) is 4. The van der Waals surface area contributed by atoms with E-state index < -0.39 is 45.5 Å². The van der Waals surface area contributed by atoms with Crippen LogP contribution in [0.2, 0.25) is 0 Å². The molecule has 0 amide bonds. The third kappa shape index (κ3) is 34.4. The van der Waals surface area contributed by atoms with Crippen LogP contribution in [0.15, 0.2) is 0 Å². The Hall–Kier alpha value is -1.13. The van der Waals surface area contributed by atoms with Gasteiger partial charge in [-0.25, -0.2) is 0 Å². The summed E-state index contributed by atoms with van der Waals surface area (Å²) >= 11 is 0. The molecule has 10 heteroatoms. The molecule has 0 aliphatic carbocycles. The van der Waals surface area contributed by atoms with E-state index in [1.165, 1.54) is 0 Å². The van der Waals surface area contributed by atoms with Gasteiger partial charge in [-0.15, -0.1) is 0 Å². The van der Waals surface area contributed by atoms with Crippen LogP contribution in [0.4, 0.5) is 0 Å². The maximum Gasteiger partial charge on any atom is 0.308 e. The van der Waals surface area contributed by atoms with E-state index in [2.05, 4.69) is 0 Å². The summed E-state index contributed by atoms with van der Waals surface area (Å²) in [7, 11) is 0. The fourth-order valence-electron chi connectivity index (χ4n) is 0. The van der Waals surface area contributed by atoms with E-state index in [-0.39, 0.29) is 33.0 Å². The van der Waals surface area contributed by atoms with Crippen molar-refractivity contribution in [2.75, 3.05) is 0 Å². The molecule has 0 unspecified atom stereocenters. The van der Waals surface area contributed by atoms with Gasteiger partial charge in [0.05, 0.1) is 21.7 Å². The minimum atomic E-state index is -0.757. The van der Waals surface area contributed by atoms with Crippen molar-refractivity contribution in [3.05, 3.63) is 0 Å². The van der Waals surface area contributed by atoms with Crippen molar-refractivity contribution in [1.29, 1.82) is 0 Å². The van der Waals surface area contributed by atoms with Gasteiger partial charge in [0.25, 0.3) is 0 Å². The summed E-state index contributed by atoms with van der Waals surface area (Å²) in [5.74, 6) is -3.03. The zero-order chi connectivity index (χ0) is 24.3. The number of carbonyl (C=O) groups is 4. The molecule has 4 N–H and O–H groups in total. The quantitative estimate of drug-likeness (QED) is 0.338. The molecule has 0 aromatic carbocycles. The zero-order valence-corrected chi connectivity index (χ0v) is 22.0. The van der Waals surface area contributed by atoms with E-state index in [1.807, 2.05) is 0 Å². The van der Waals surface area contributed by atoms with Crippen LogP contribution < -0.4 is 0 Å². The molecule has 188 valence electrons. The summed E-state index contributed by atoms with van der Waals surface area (Å²) in [6, 6.07) is 0. The Morgan fingerprint density at radius 3 is 0.400 bits per heavy atom. The van der Waals surface area contributed by atoms with E-state index in [0.717, 1.165) is 0 Å². The summed E-state index contributed by atoms with van der Waals surface area (Å²) in [6.07, 6.45) is 0. The van der Waals surface area contributed by atoms with Crippen molar-refractivity contribution >= 4 is 23.9 Å². The summed E-state index contributed by atoms with van der Waals surface area (Å²) in [5, 5.41) is 33.0. The second-order valence-corrected chi connectivity index (χ2v) is 10.2. The number of carboxylic acids is 4. The Kier molecular flexibility index (Phi) is 23.6. The van der Waals surface area contributed by atoms with Gasteiger partial charge in [-0.05, 0) is 83.1 Å². The molecule has 8 nitrogen and oxygen atoms in total. The van der Waals surface area contributed by atoms with Gasteiger partial charge in [0.15, 0.2) is 0 Å². The Morgan fingerprint density at radius 2 is 0.400 bits per heavy atom. The molecule has 0 rings (SSSR count). The molecule has 30 heavy (non-hydrogen) atoms. The standard InChI is InChI=1S/4C5H10O2.2Ni/c4*1-5(2,3)4(6)7;;/h4*1-3H3,(H,6,7);;. The minimum Gasteiger partial charge on any atom is -0.481 e. The van der Waals surface area contributed by atoms with Crippen LogP contribution in [-0.2, 0) is 52.2 Å². The largest absolute Gasteiger partial charge is 0.481 e. The predicted molar refractivity (Wildman–Crippen MR) is 108 cm³/mol. The van der Waals surface area contributed by atoms with Crippen LogP contribution >= 0.6 is 0 Å². The van der Waals surface area contributed by atoms with Gasteiger partial charge in [0.1, 0.15) is 0 Å². The van der Waals surface area contributed by atoms with Gasteiger partial charge in [-0.1, -0.05) is 0 Å². The first-order valence-corrected chi connectivity index (χ1v) is 8.71. The van der Waals surface area contributed by atoms with E-state index in [1.54, 1.807) is 83.1 Å². The SMILES string of the molecule is CC(C)(C)C(=O)O.CC(C)(C)C(=O)O.CC(C)(C)C(=O)O.CC(C)(C)C(=O)O.[Ni].[Ni]. The molecule has 0 aromatic heterocycles. The molecule has 0 spiro atoms. The summed E-state index contributed by atoms with van der Waals surface area (Å²) < 4.78 is 0. The van der Waals surface area contributed by atoms with Crippen molar-refractivity contribution in [3.63, 3.8) is 0 Å². The van der Waals surface area contributed by atoms with Crippen molar-refractivity contribution in [2.45, 2.75) is 83.1 Å². The molecule has 0 aliphatic heterocycles. The minimum absolute atomic E-state index is 0. The summed E-state index contributed by atoms with van der Waals surface area (Å²) in [4.78, 5) is 40.1. The molecule has 0 atom stereocenters. The van der Waals surface area contributed by atoms with Crippen molar-refractivity contribution in [2.24, 2.45) is 21.7 Å². The smallest absolute Gasteiger partial charge is 0.308 e. The normalized spacial score (nSPS) is 10.5. The first kappa shape index (κ1) is 42.9. The van der Waals surface area contributed by atoms with Crippen LogP contribution in [0.25, 0.3) is 0 Å². The molecule has 0 aromatic rings. The fraction of sp³-hybridized carbons (Fsp3) is 0.800. The second kappa shape index (κ2) is 16.5. The van der Waals surface area contributed by atoms with E-state index in [0.29, 0.717) is 0 Å². The van der Waals surface area contributed by atoms with E-state index >= 15 is 0 Å². The molecule has 0 radical (unpaired) electrons. The molecule has 0 saturated carbocycles. The maximum atomic E-state index is 10.0. The Labute approximate surface area is 201 Å². The number of rotatable bonds is 0. The van der Waals surface area contributed by atoms with Crippen LogP contribution in [-0.4, -0.2) is 44.3 Å². The first-order valence-electron chi connectivity index (χ1n) is 8.71. The zero-order valence-electron chi connectivity index (χ0n) is 20.1. The maximum absolute atomic E-state index is 10.0. The Morgan fingerprint density at radius 1 is 0.367 bits per heavy atom. The van der Waals surface area contributed by atoms with Crippen molar-refractivity contribution in [3.8, 4) is 0 Å². The molecular weight excluding hydrogens is 486 g/mol. The van der Waals surface area contributed by atoms with Gasteiger partial charge < -0.3 is 20.4 Å². The van der Waals surface area contributed by atoms with Gasteiger partial charge >= 0.3 is 23.9 Å². The number of carboxylic acid groups (broad SMARTS) is 4. The van der Waals surface area contributed by atoms with Gasteiger partial charge in [-0.3, -0.25) is 19.2 Å². The summed E-state index contributed by atoms with van der Waals surface area (Å²) in [5.41, 5.74) is -2.33. The molecule has 0 aliphatic rings. The predicted octanol–water partition coefficient (Wildman–Crippen LogP) is 4.46. The van der Waals surface area contributed by atoms with Crippen LogP contribution in [0.3, 0.4) is 0 Å². The van der Waals surface area contributed by atoms with Gasteiger partial charge in [0.2, 0.25) is 0 Å².